The molecule has 6 heteroatoms. The van der Waals surface area contributed by atoms with Gasteiger partial charge in [0.2, 0.25) is 0 Å². The molecule has 0 aliphatic rings. The van der Waals surface area contributed by atoms with Crippen molar-refractivity contribution in [3.05, 3.63) is 15.0 Å². The van der Waals surface area contributed by atoms with Crippen molar-refractivity contribution >= 4 is 33.4 Å². The number of carbonyl (C=O) groups excluding carboxylic acids is 1. The molecule has 0 saturated heterocycles. The number of halogens is 1. The number of nitrogens with one attached hydrogen (secondary N) is 1. The van der Waals surface area contributed by atoms with Gasteiger partial charge in [-0.25, -0.2) is 9.78 Å². The summed E-state index contributed by atoms with van der Waals surface area (Å²) in [6.07, 6.45) is 1.33. The van der Waals surface area contributed by atoms with E-state index in [0.717, 1.165) is 22.3 Å². The fraction of sp³-hybridized carbons (Fsp3) is 0.636. The van der Waals surface area contributed by atoms with Crippen LogP contribution in [0.3, 0.4) is 0 Å². The first kappa shape index (κ1) is 14.4. The average molecular weight is 321 g/mol. The molecule has 0 aliphatic carbocycles. The number of amides is 1. The van der Waals surface area contributed by atoms with Crippen molar-refractivity contribution in [1.29, 1.82) is 0 Å². The van der Waals surface area contributed by atoms with Crippen LogP contribution in [0.15, 0.2) is 9.30 Å². The second-order valence-electron chi connectivity index (χ2n) is 4.60. The van der Waals surface area contributed by atoms with E-state index in [4.69, 9.17) is 4.74 Å². The molecule has 0 bridgehead atoms. The maximum absolute atomic E-state index is 11.3. The molecule has 0 saturated carbocycles. The minimum Gasteiger partial charge on any atom is -0.444 e. The van der Waals surface area contributed by atoms with Crippen molar-refractivity contribution in [1.82, 2.24) is 10.3 Å². The van der Waals surface area contributed by atoms with Gasteiger partial charge in [0.05, 0.1) is 15.0 Å². The second kappa shape index (κ2) is 6.35. The molecule has 1 aromatic heterocycles. The summed E-state index contributed by atoms with van der Waals surface area (Å²) in [6, 6.07) is 0. The van der Waals surface area contributed by atoms with E-state index < -0.39 is 5.60 Å². The SMILES string of the molecule is CC(C)(C)OC(=O)NCCCc1ncsc1Br. The molecule has 1 rings (SSSR count). The van der Waals surface area contributed by atoms with Crippen molar-refractivity contribution in [2.75, 3.05) is 6.54 Å². The minimum atomic E-state index is -0.442. The predicted octanol–water partition coefficient (Wildman–Crippen LogP) is 3.36. The van der Waals surface area contributed by atoms with Gasteiger partial charge in [0.25, 0.3) is 0 Å². The molecule has 17 heavy (non-hydrogen) atoms. The van der Waals surface area contributed by atoms with Crippen molar-refractivity contribution in [2.24, 2.45) is 0 Å². The number of alkyl carbamates (subject to hydrolysis) is 1. The van der Waals surface area contributed by atoms with Crippen LogP contribution in [-0.4, -0.2) is 23.2 Å². The van der Waals surface area contributed by atoms with Gasteiger partial charge in [-0.15, -0.1) is 11.3 Å². The lowest BCUT2D eigenvalue weighted by Crippen LogP contribution is -2.33. The van der Waals surface area contributed by atoms with Crippen molar-refractivity contribution < 1.29 is 9.53 Å². The number of hydrogen-bond donors (Lipinski definition) is 1. The first-order chi connectivity index (χ1) is 7.88. The summed E-state index contributed by atoms with van der Waals surface area (Å²) >= 11 is 5.00. The second-order valence-corrected chi connectivity index (χ2v) is 6.78. The number of carbonyl (C=O) groups is 1. The van der Waals surface area contributed by atoms with Gasteiger partial charge in [0.15, 0.2) is 0 Å². The first-order valence-corrected chi connectivity index (χ1v) is 7.10. The largest absolute Gasteiger partial charge is 0.444 e. The lowest BCUT2D eigenvalue weighted by atomic mass is 10.2. The van der Waals surface area contributed by atoms with Crippen LogP contribution in [0.2, 0.25) is 0 Å². The van der Waals surface area contributed by atoms with Gasteiger partial charge in [-0.05, 0) is 49.5 Å². The number of ether oxygens (including phenoxy) is 1. The van der Waals surface area contributed by atoms with E-state index >= 15 is 0 Å². The summed E-state index contributed by atoms with van der Waals surface area (Å²) in [4.78, 5) is 15.6. The maximum Gasteiger partial charge on any atom is 0.407 e. The molecule has 0 aromatic carbocycles. The summed E-state index contributed by atoms with van der Waals surface area (Å²) in [7, 11) is 0. The molecule has 1 N–H and O–H groups in total. The van der Waals surface area contributed by atoms with E-state index in [1.54, 1.807) is 16.8 Å². The van der Waals surface area contributed by atoms with Gasteiger partial charge >= 0.3 is 6.09 Å². The molecule has 0 atom stereocenters. The van der Waals surface area contributed by atoms with Gasteiger partial charge < -0.3 is 10.1 Å². The van der Waals surface area contributed by atoms with Crippen LogP contribution in [0.1, 0.15) is 32.9 Å². The first-order valence-electron chi connectivity index (χ1n) is 5.43. The molecule has 1 amide bonds. The van der Waals surface area contributed by atoms with E-state index in [2.05, 4.69) is 26.2 Å². The van der Waals surface area contributed by atoms with E-state index in [9.17, 15) is 4.79 Å². The molecule has 4 nitrogen and oxygen atoms in total. The van der Waals surface area contributed by atoms with Gasteiger partial charge in [-0.3, -0.25) is 0 Å². The molecule has 0 aliphatic heterocycles. The monoisotopic (exact) mass is 320 g/mol. The summed E-state index contributed by atoms with van der Waals surface area (Å²) in [6.45, 7) is 6.13. The van der Waals surface area contributed by atoms with Crippen LogP contribution in [-0.2, 0) is 11.2 Å². The minimum absolute atomic E-state index is 0.366. The number of hydrogen-bond acceptors (Lipinski definition) is 4. The zero-order valence-corrected chi connectivity index (χ0v) is 12.7. The molecular weight excluding hydrogens is 304 g/mol. The molecule has 96 valence electrons. The van der Waals surface area contributed by atoms with Gasteiger partial charge in [0.1, 0.15) is 5.60 Å². The summed E-state index contributed by atoms with van der Waals surface area (Å²) in [5, 5.41) is 2.72. The molecule has 0 fully saturated rings. The van der Waals surface area contributed by atoms with E-state index in [1.165, 1.54) is 0 Å². The van der Waals surface area contributed by atoms with Gasteiger partial charge in [-0.1, -0.05) is 0 Å². The van der Waals surface area contributed by atoms with Crippen LogP contribution in [0.5, 0.6) is 0 Å². The number of nitrogens with zero attached hydrogens (tertiary/aromatic N) is 1. The quantitative estimate of drug-likeness (QED) is 0.865. The Labute approximate surface area is 114 Å². The highest BCUT2D eigenvalue weighted by Crippen LogP contribution is 2.21. The normalized spacial score (nSPS) is 11.3. The van der Waals surface area contributed by atoms with Crippen molar-refractivity contribution in [2.45, 2.75) is 39.2 Å². The molecule has 1 aromatic rings. The third-order valence-electron chi connectivity index (χ3n) is 1.85. The topological polar surface area (TPSA) is 51.2 Å². The van der Waals surface area contributed by atoms with Crippen LogP contribution in [0.4, 0.5) is 4.79 Å². The van der Waals surface area contributed by atoms with Gasteiger partial charge in [-0.2, -0.15) is 0 Å². The highest BCUT2D eigenvalue weighted by Gasteiger charge is 2.15. The van der Waals surface area contributed by atoms with Crippen molar-refractivity contribution in [3.8, 4) is 0 Å². The van der Waals surface area contributed by atoms with Gasteiger partial charge in [0, 0.05) is 6.54 Å². The Hall–Kier alpha value is -0.620. The molecule has 0 unspecified atom stereocenters. The van der Waals surface area contributed by atoms with Crippen LogP contribution >= 0.6 is 27.3 Å². The zero-order chi connectivity index (χ0) is 12.9. The number of rotatable bonds is 4. The summed E-state index contributed by atoms with van der Waals surface area (Å²) in [5.74, 6) is 0. The average Bonchev–Trinajstić information content (AvgIpc) is 2.56. The highest BCUT2D eigenvalue weighted by molar-refractivity contribution is 9.11. The Kier molecular flexibility index (Phi) is 5.39. The van der Waals surface area contributed by atoms with E-state index in [0.29, 0.717) is 6.54 Å². The molecule has 1 heterocycles. The van der Waals surface area contributed by atoms with E-state index in [-0.39, 0.29) is 6.09 Å². The maximum atomic E-state index is 11.3. The third-order valence-corrected chi connectivity index (χ3v) is 3.52. The Morgan fingerprint density at radius 2 is 2.29 bits per heavy atom. The van der Waals surface area contributed by atoms with Crippen LogP contribution in [0, 0.1) is 0 Å². The molecule has 0 radical (unpaired) electrons. The number of aromatic nitrogens is 1. The van der Waals surface area contributed by atoms with E-state index in [1.807, 2.05) is 20.8 Å². The van der Waals surface area contributed by atoms with Crippen molar-refractivity contribution in [3.63, 3.8) is 0 Å². The third kappa shape index (κ3) is 6.02. The Morgan fingerprint density at radius 1 is 1.59 bits per heavy atom. The smallest absolute Gasteiger partial charge is 0.407 e. The molecule has 0 spiro atoms. The van der Waals surface area contributed by atoms with Crippen LogP contribution in [0.25, 0.3) is 0 Å². The lowest BCUT2D eigenvalue weighted by molar-refractivity contribution is 0.0527. The fourth-order valence-corrected chi connectivity index (χ4v) is 2.29. The Bertz CT molecular complexity index is 374. The Balaban J connectivity index is 2.17. The number of thiazole rings is 1. The standard InChI is InChI=1S/C11H17BrN2O2S/c1-11(2,3)16-10(15)13-6-4-5-8-9(12)17-7-14-8/h7H,4-6H2,1-3H3,(H,13,15). The summed E-state index contributed by atoms with van der Waals surface area (Å²) < 4.78 is 6.19. The highest BCUT2D eigenvalue weighted by atomic mass is 79.9. The Morgan fingerprint density at radius 3 is 2.82 bits per heavy atom. The fourth-order valence-electron chi connectivity index (χ4n) is 1.18. The molecular formula is C11H17BrN2O2S. The van der Waals surface area contributed by atoms with Crippen LogP contribution < -0.4 is 5.32 Å². The zero-order valence-electron chi connectivity index (χ0n) is 10.2. The number of aryl methyl sites for hydroxylation is 1. The summed E-state index contributed by atoms with van der Waals surface area (Å²) in [5.41, 5.74) is 2.41. The lowest BCUT2D eigenvalue weighted by Gasteiger charge is -2.19. The predicted molar refractivity (Wildman–Crippen MR) is 72.4 cm³/mol.